The van der Waals surface area contributed by atoms with Crippen molar-refractivity contribution in [1.82, 2.24) is 10.3 Å². The molecule has 0 radical (unpaired) electrons. The Bertz CT molecular complexity index is 433. The maximum Gasteiger partial charge on any atom is 0.433 e. The second-order valence-electron chi connectivity index (χ2n) is 4.84. The van der Waals surface area contributed by atoms with Gasteiger partial charge in [-0.2, -0.15) is 13.2 Å². The number of anilines is 1. The normalized spacial score (nSPS) is 19.3. The fourth-order valence-corrected chi connectivity index (χ4v) is 2.36. The molecule has 2 N–H and O–H groups in total. The van der Waals surface area contributed by atoms with Crippen LogP contribution in [0.4, 0.5) is 19.0 Å². The number of aliphatic hydroxyl groups is 1. The van der Waals surface area contributed by atoms with E-state index < -0.39 is 11.9 Å². The van der Waals surface area contributed by atoms with Crippen LogP contribution in [0.2, 0.25) is 0 Å². The number of pyridine rings is 1. The van der Waals surface area contributed by atoms with E-state index in [1.165, 1.54) is 6.07 Å². The SMILES string of the molecule is OCCN(CC1CCCN1)c1cccc(C(F)(F)F)n1. The predicted octanol–water partition coefficient (Wildman–Crippen LogP) is 1.65. The Morgan fingerprint density at radius 3 is 2.80 bits per heavy atom. The molecule has 0 bridgehead atoms. The lowest BCUT2D eigenvalue weighted by Crippen LogP contribution is -2.39. The third-order valence-corrected chi connectivity index (χ3v) is 3.32. The van der Waals surface area contributed by atoms with Crippen LogP contribution in [-0.4, -0.2) is 42.4 Å². The Labute approximate surface area is 115 Å². The van der Waals surface area contributed by atoms with Crippen LogP contribution in [0.5, 0.6) is 0 Å². The van der Waals surface area contributed by atoms with E-state index in [2.05, 4.69) is 10.3 Å². The van der Waals surface area contributed by atoms with Crippen molar-refractivity contribution in [3.8, 4) is 0 Å². The van der Waals surface area contributed by atoms with E-state index in [9.17, 15) is 13.2 Å². The van der Waals surface area contributed by atoms with Gasteiger partial charge in [0.25, 0.3) is 0 Å². The summed E-state index contributed by atoms with van der Waals surface area (Å²) in [5, 5.41) is 12.4. The Balaban J connectivity index is 2.15. The fraction of sp³-hybridized carbons (Fsp3) is 0.615. The summed E-state index contributed by atoms with van der Waals surface area (Å²) in [6, 6.07) is 4.07. The molecule has 0 saturated carbocycles. The monoisotopic (exact) mass is 289 g/mol. The summed E-state index contributed by atoms with van der Waals surface area (Å²) in [4.78, 5) is 5.36. The van der Waals surface area contributed by atoms with Crippen LogP contribution in [0.25, 0.3) is 0 Å². The highest BCUT2D eigenvalue weighted by Crippen LogP contribution is 2.29. The molecule has 112 valence electrons. The number of aromatic nitrogens is 1. The first-order chi connectivity index (χ1) is 9.50. The van der Waals surface area contributed by atoms with Gasteiger partial charge in [0.2, 0.25) is 0 Å². The Kier molecular flexibility index (Phi) is 4.82. The summed E-state index contributed by atoms with van der Waals surface area (Å²) in [6.07, 6.45) is -2.40. The van der Waals surface area contributed by atoms with Crippen LogP contribution in [-0.2, 0) is 6.18 Å². The highest BCUT2D eigenvalue weighted by Gasteiger charge is 2.33. The van der Waals surface area contributed by atoms with Gasteiger partial charge in [-0.25, -0.2) is 4.98 Å². The molecule has 4 nitrogen and oxygen atoms in total. The third-order valence-electron chi connectivity index (χ3n) is 3.32. The Morgan fingerprint density at radius 2 is 2.20 bits per heavy atom. The first kappa shape index (κ1) is 15.1. The van der Waals surface area contributed by atoms with Crippen molar-refractivity contribution in [3.63, 3.8) is 0 Å². The van der Waals surface area contributed by atoms with Crippen molar-refractivity contribution in [2.75, 3.05) is 31.1 Å². The second-order valence-corrected chi connectivity index (χ2v) is 4.84. The molecule has 1 aliphatic heterocycles. The number of hydrogen-bond donors (Lipinski definition) is 2. The van der Waals surface area contributed by atoms with Gasteiger partial charge in [0.15, 0.2) is 0 Å². The smallest absolute Gasteiger partial charge is 0.395 e. The van der Waals surface area contributed by atoms with Gasteiger partial charge in [-0.3, -0.25) is 0 Å². The maximum absolute atomic E-state index is 12.7. The highest BCUT2D eigenvalue weighted by atomic mass is 19.4. The standard InChI is InChI=1S/C13H18F3N3O/c14-13(15,16)11-4-1-5-12(18-11)19(7-8-20)9-10-3-2-6-17-10/h1,4-5,10,17,20H,2-3,6-9H2. The van der Waals surface area contributed by atoms with Crippen LogP contribution in [0, 0.1) is 0 Å². The van der Waals surface area contributed by atoms with E-state index >= 15 is 0 Å². The quantitative estimate of drug-likeness (QED) is 0.865. The van der Waals surface area contributed by atoms with Crippen molar-refractivity contribution in [2.24, 2.45) is 0 Å². The molecule has 1 atom stereocenters. The maximum atomic E-state index is 12.7. The number of hydrogen-bond acceptors (Lipinski definition) is 4. The summed E-state index contributed by atoms with van der Waals surface area (Å²) in [7, 11) is 0. The molecular weight excluding hydrogens is 271 g/mol. The lowest BCUT2D eigenvalue weighted by molar-refractivity contribution is -0.141. The van der Waals surface area contributed by atoms with Gasteiger partial charge < -0.3 is 15.3 Å². The van der Waals surface area contributed by atoms with Gasteiger partial charge in [0.1, 0.15) is 11.5 Å². The zero-order chi connectivity index (χ0) is 14.6. The minimum atomic E-state index is -4.45. The number of rotatable bonds is 5. The average Bonchev–Trinajstić information content (AvgIpc) is 2.90. The second kappa shape index (κ2) is 6.41. The molecule has 1 fully saturated rings. The molecule has 7 heteroatoms. The first-order valence-corrected chi connectivity index (χ1v) is 6.64. The van der Waals surface area contributed by atoms with Gasteiger partial charge in [0, 0.05) is 19.1 Å². The Morgan fingerprint density at radius 1 is 1.40 bits per heavy atom. The number of nitrogens with one attached hydrogen (secondary N) is 1. The number of aliphatic hydroxyl groups excluding tert-OH is 1. The molecular formula is C13H18F3N3O. The van der Waals surface area contributed by atoms with Crippen molar-refractivity contribution < 1.29 is 18.3 Å². The van der Waals surface area contributed by atoms with Crippen LogP contribution in [0.15, 0.2) is 18.2 Å². The summed E-state index contributed by atoms with van der Waals surface area (Å²) in [6.45, 7) is 1.62. The zero-order valence-corrected chi connectivity index (χ0v) is 11.0. The Hall–Kier alpha value is -1.34. The van der Waals surface area contributed by atoms with E-state index in [1.54, 1.807) is 11.0 Å². The minimum absolute atomic E-state index is 0.120. The molecule has 1 aromatic heterocycles. The van der Waals surface area contributed by atoms with Crippen LogP contribution in [0.1, 0.15) is 18.5 Å². The summed E-state index contributed by atoms with van der Waals surface area (Å²) in [5.74, 6) is 0.252. The lowest BCUT2D eigenvalue weighted by Gasteiger charge is -2.26. The van der Waals surface area contributed by atoms with E-state index in [4.69, 9.17) is 5.11 Å². The lowest BCUT2D eigenvalue weighted by atomic mass is 10.2. The first-order valence-electron chi connectivity index (χ1n) is 6.64. The molecule has 1 aromatic rings. The van der Waals surface area contributed by atoms with Crippen molar-refractivity contribution >= 4 is 5.82 Å². The van der Waals surface area contributed by atoms with E-state index in [0.717, 1.165) is 25.5 Å². The molecule has 0 aromatic carbocycles. The van der Waals surface area contributed by atoms with E-state index in [0.29, 0.717) is 6.54 Å². The average molecular weight is 289 g/mol. The topological polar surface area (TPSA) is 48.4 Å². The number of halogens is 3. The highest BCUT2D eigenvalue weighted by molar-refractivity contribution is 5.40. The molecule has 20 heavy (non-hydrogen) atoms. The van der Waals surface area contributed by atoms with Crippen molar-refractivity contribution in [1.29, 1.82) is 0 Å². The molecule has 2 heterocycles. The molecule has 0 aliphatic carbocycles. The molecule has 2 rings (SSSR count). The minimum Gasteiger partial charge on any atom is -0.395 e. The molecule has 1 saturated heterocycles. The molecule has 0 amide bonds. The van der Waals surface area contributed by atoms with Crippen molar-refractivity contribution in [3.05, 3.63) is 23.9 Å². The number of nitrogens with zero attached hydrogens (tertiary/aromatic N) is 2. The van der Waals surface area contributed by atoms with E-state index in [-0.39, 0.29) is 25.0 Å². The van der Waals surface area contributed by atoms with Crippen LogP contribution < -0.4 is 10.2 Å². The summed E-state index contributed by atoms with van der Waals surface area (Å²) < 4.78 is 38.0. The van der Waals surface area contributed by atoms with Crippen molar-refractivity contribution in [2.45, 2.75) is 25.1 Å². The fourth-order valence-electron chi connectivity index (χ4n) is 2.36. The predicted molar refractivity (Wildman–Crippen MR) is 69.6 cm³/mol. The molecule has 1 aliphatic rings. The largest absolute Gasteiger partial charge is 0.433 e. The van der Waals surface area contributed by atoms with Gasteiger partial charge in [-0.15, -0.1) is 0 Å². The van der Waals surface area contributed by atoms with E-state index in [1.807, 2.05) is 0 Å². The third kappa shape index (κ3) is 3.83. The van der Waals surface area contributed by atoms with Gasteiger partial charge >= 0.3 is 6.18 Å². The zero-order valence-electron chi connectivity index (χ0n) is 11.0. The van der Waals surface area contributed by atoms with Crippen LogP contribution in [0.3, 0.4) is 0 Å². The molecule has 0 spiro atoms. The molecule has 1 unspecified atom stereocenters. The van der Waals surface area contributed by atoms with Crippen LogP contribution >= 0.6 is 0 Å². The van der Waals surface area contributed by atoms with Gasteiger partial charge in [-0.05, 0) is 31.5 Å². The summed E-state index contributed by atoms with van der Waals surface area (Å²) >= 11 is 0. The number of alkyl halides is 3. The summed E-state index contributed by atoms with van der Waals surface area (Å²) in [5.41, 5.74) is -0.905. The van der Waals surface area contributed by atoms with Gasteiger partial charge in [0.05, 0.1) is 6.61 Å². The van der Waals surface area contributed by atoms with Gasteiger partial charge in [-0.1, -0.05) is 6.07 Å².